The minimum absolute atomic E-state index is 0.0692. The second-order valence-corrected chi connectivity index (χ2v) is 7.16. The monoisotopic (exact) mass is 412 g/mol. The van der Waals surface area contributed by atoms with Gasteiger partial charge in [0.05, 0.1) is 34.0 Å². The van der Waals surface area contributed by atoms with Gasteiger partial charge in [0.2, 0.25) is 5.91 Å². The van der Waals surface area contributed by atoms with Crippen LogP contribution in [0.3, 0.4) is 0 Å². The zero-order valence-corrected chi connectivity index (χ0v) is 16.9. The Kier molecular flexibility index (Phi) is 4.59. The minimum atomic E-state index is -0.288. The summed E-state index contributed by atoms with van der Waals surface area (Å²) in [6.07, 6.45) is 3.32. The summed E-state index contributed by atoms with van der Waals surface area (Å²) in [6.45, 7) is 2.39. The zero-order valence-electron chi connectivity index (χ0n) is 16.9. The van der Waals surface area contributed by atoms with Crippen LogP contribution in [-0.4, -0.2) is 29.6 Å². The van der Waals surface area contributed by atoms with E-state index < -0.39 is 0 Å². The van der Waals surface area contributed by atoms with Crippen molar-refractivity contribution in [2.45, 2.75) is 20.0 Å². The number of benzene rings is 2. The Bertz CT molecular complexity index is 1460. The number of nitrogens with zero attached hydrogens (tertiary/aromatic N) is 5. The van der Waals surface area contributed by atoms with Crippen molar-refractivity contribution in [3.05, 3.63) is 83.7 Å². The predicted molar refractivity (Wildman–Crippen MR) is 119 cm³/mol. The summed E-state index contributed by atoms with van der Waals surface area (Å²) in [4.78, 5) is 34.2. The van der Waals surface area contributed by atoms with Crippen molar-refractivity contribution >= 4 is 33.7 Å². The SMILES string of the molecule is CCn1c(=O)n(CC(=O)Nc2ccc(-n3cnc4ccccc43)nc2)c2ccccc21. The largest absolute Gasteiger partial charge is 0.329 e. The molecular formula is C23H20N6O2. The maximum atomic E-state index is 12.7. The lowest BCUT2D eigenvalue weighted by molar-refractivity contribution is -0.116. The Hall–Kier alpha value is -4.20. The topological polar surface area (TPSA) is 86.7 Å². The van der Waals surface area contributed by atoms with E-state index in [1.54, 1.807) is 23.2 Å². The van der Waals surface area contributed by atoms with E-state index in [1.807, 2.05) is 66.1 Å². The summed E-state index contributed by atoms with van der Waals surface area (Å²) < 4.78 is 5.04. The number of carbonyl (C=O) groups excluding carboxylic acids is 1. The first-order valence-electron chi connectivity index (χ1n) is 10.0. The summed E-state index contributed by atoms with van der Waals surface area (Å²) in [5, 5.41) is 2.82. The van der Waals surface area contributed by atoms with Gasteiger partial charge in [0, 0.05) is 6.54 Å². The Balaban J connectivity index is 1.37. The quantitative estimate of drug-likeness (QED) is 0.480. The van der Waals surface area contributed by atoms with Crippen LogP contribution in [0.1, 0.15) is 6.92 Å². The van der Waals surface area contributed by atoms with Crippen LogP contribution in [0.5, 0.6) is 0 Å². The number of hydrogen-bond donors (Lipinski definition) is 1. The van der Waals surface area contributed by atoms with Gasteiger partial charge < -0.3 is 5.32 Å². The van der Waals surface area contributed by atoms with Crippen LogP contribution in [0.2, 0.25) is 0 Å². The number of fused-ring (bicyclic) bond motifs is 2. The van der Waals surface area contributed by atoms with Gasteiger partial charge in [-0.3, -0.25) is 18.5 Å². The third kappa shape index (κ3) is 3.28. The summed E-state index contributed by atoms with van der Waals surface area (Å²) in [7, 11) is 0. The average molecular weight is 412 g/mol. The highest BCUT2D eigenvalue weighted by atomic mass is 16.2. The maximum absolute atomic E-state index is 12.7. The van der Waals surface area contributed by atoms with Gasteiger partial charge >= 0.3 is 5.69 Å². The molecule has 0 aliphatic heterocycles. The third-order valence-electron chi connectivity index (χ3n) is 5.28. The fraction of sp³-hybridized carbons (Fsp3) is 0.130. The van der Waals surface area contributed by atoms with Gasteiger partial charge in [-0.25, -0.2) is 14.8 Å². The van der Waals surface area contributed by atoms with E-state index in [4.69, 9.17) is 0 Å². The van der Waals surface area contributed by atoms with Crippen molar-refractivity contribution in [1.82, 2.24) is 23.7 Å². The summed E-state index contributed by atoms with van der Waals surface area (Å²) in [5.41, 5.74) is 3.77. The van der Waals surface area contributed by atoms with Crippen molar-refractivity contribution in [3.8, 4) is 5.82 Å². The van der Waals surface area contributed by atoms with Crippen LogP contribution < -0.4 is 11.0 Å². The van der Waals surface area contributed by atoms with E-state index in [0.29, 0.717) is 18.1 Å². The van der Waals surface area contributed by atoms with Crippen LogP contribution >= 0.6 is 0 Å². The number of anilines is 1. The molecule has 0 unspecified atom stereocenters. The first kappa shape index (κ1) is 18.8. The molecule has 154 valence electrons. The molecule has 1 amide bonds. The second-order valence-electron chi connectivity index (χ2n) is 7.16. The van der Waals surface area contributed by atoms with E-state index in [9.17, 15) is 9.59 Å². The van der Waals surface area contributed by atoms with Crippen LogP contribution in [-0.2, 0) is 17.9 Å². The number of pyridine rings is 1. The summed E-state index contributed by atoms with van der Waals surface area (Å²) >= 11 is 0. The van der Waals surface area contributed by atoms with E-state index in [0.717, 1.165) is 22.1 Å². The molecule has 0 bridgehead atoms. The van der Waals surface area contributed by atoms with Gasteiger partial charge in [0.1, 0.15) is 18.7 Å². The first-order valence-corrected chi connectivity index (χ1v) is 10.0. The number of aromatic nitrogens is 5. The lowest BCUT2D eigenvalue weighted by atomic mass is 10.3. The van der Waals surface area contributed by atoms with E-state index in [2.05, 4.69) is 15.3 Å². The number of nitrogens with one attached hydrogen (secondary N) is 1. The van der Waals surface area contributed by atoms with Crippen molar-refractivity contribution in [1.29, 1.82) is 0 Å². The molecule has 3 aromatic heterocycles. The summed E-state index contributed by atoms with van der Waals surface area (Å²) in [6, 6.07) is 18.9. The lowest BCUT2D eigenvalue weighted by Gasteiger charge is -2.08. The van der Waals surface area contributed by atoms with Gasteiger partial charge in [-0.05, 0) is 43.3 Å². The van der Waals surface area contributed by atoms with Crippen LogP contribution in [0.4, 0.5) is 5.69 Å². The van der Waals surface area contributed by atoms with Crippen molar-refractivity contribution < 1.29 is 4.79 Å². The average Bonchev–Trinajstić information content (AvgIpc) is 3.34. The normalized spacial score (nSPS) is 11.3. The fourth-order valence-electron chi connectivity index (χ4n) is 3.82. The molecule has 0 aliphatic carbocycles. The van der Waals surface area contributed by atoms with Gasteiger partial charge in [0.15, 0.2) is 0 Å². The number of imidazole rings is 2. The fourth-order valence-corrected chi connectivity index (χ4v) is 3.82. The van der Waals surface area contributed by atoms with Crippen molar-refractivity contribution in [2.75, 3.05) is 5.32 Å². The molecule has 31 heavy (non-hydrogen) atoms. The highest BCUT2D eigenvalue weighted by molar-refractivity contribution is 5.91. The summed E-state index contributed by atoms with van der Waals surface area (Å²) in [5.74, 6) is 0.415. The molecule has 5 rings (SSSR count). The highest BCUT2D eigenvalue weighted by Gasteiger charge is 2.14. The van der Waals surface area contributed by atoms with Crippen molar-refractivity contribution in [3.63, 3.8) is 0 Å². The highest BCUT2D eigenvalue weighted by Crippen LogP contribution is 2.18. The molecule has 3 heterocycles. The molecule has 0 aliphatic rings. The van der Waals surface area contributed by atoms with Gasteiger partial charge in [-0.2, -0.15) is 0 Å². The molecule has 0 radical (unpaired) electrons. The Morgan fingerprint density at radius 3 is 2.32 bits per heavy atom. The van der Waals surface area contributed by atoms with E-state index in [-0.39, 0.29) is 18.1 Å². The minimum Gasteiger partial charge on any atom is -0.323 e. The smallest absolute Gasteiger partial charge is 0.323 e. The molecule has 8 heteroatoms. The van der Waals surface area contributed by atoms with Crippen LogP contribution in [0.25, 0.3) is 27.9 Å². The molecule has 2 aromatic carbocycles. The molecule has 8 nitrogen and oxygen atoms in total. The number of aryl methyl sites for hydroxylation is 1. The standard InChI is InChI=1S/C23H20N6O2/c1-2-27-19-9-5-6-10-20(19)28(23(27)31)14-22(30)26-16-11-12-21(24-13-16)29-15-25-17-7-3-4-8-18(17)29/h3-13,15H,2,14H2,1H3,(H,26,30). The van der Waals surface area contributed by atoms with Gasteiger partial charge in [-0.1, -0.05) is 24.3 Å². The molecule has 0 atom stereocenters. The maximum Gasteiger partial charge on any atom is 0.329 e. The molecule has 1 N–H and O–H groups in total. The second kappa shape index (κ2) is 7.56. The Labute approximate surface area is 177 Å². The third-order valence-corrected chi connectivity index (χ3v) is 5.28. The van der Waals surface area contributed by atoms with Crippen LogP contribution in [0, 0.1) is 0 Å². The van der Waals surface area contributed by atoms with Gasteiger partial charge in [0.25, 0.3) is 0 Å². The predicted octanol–water partition coefficient (Wildman–Crippen LogP) is 3.20. The molecule has 5 aromatic rings. The number of amides is 1. The molecule has 0 spiro atoms. The molecule has 0 fully saturated rings. The Morgan fingerprint density at radius 1 is 0.903 bits per heavy atom. The lowest BCUT2D eigenvalue weighted by Crippen LogP contribution is -2.29. The number of carbonyl (C=O) groups is 1. The molecule has 0 saturated heterocycles. The molecule has 0 saturated carbocycles. The van der Waals surface area contributed by atoms with Crippen LogP contribution in [0.15, 0.2) is 78.0 Å². The van der Waals surface area contributed by atoms with Gasteiger partial charge in [-0.15, -0.1) is 0 Å². The zero-order chi connectivity index (χ0) is 21.4. The first-order chi connectivity index (χ1) is 15.2. The number of rotatable bonds is 5. The molecular weight excluding hydrogens is 392 g/mol. The van der Waals surface area contributed by atoms with E-state index in [1.165, 1.54) is 4.57 Å². The number of hydrogen-bond acceptors (Lipinski definition) is 4. The Morgan fingerprint density at radius 2 is 1.61 bits per heavy atom. The van der Waals surface area contributed by atoms with Crippen molar-refractivity contribution in [2.24, 2.45) is 0 Å². The van der Waals surface area contributed by atoms with E-state index >= 15 is 0 Å². The number of para-hydroxylation sites is 4.